The van der Waals surface area contributed by atoms with Crippen molar-refractivity contribution < 1.29 is 9.63 Å². The van der Waals surface area contributed by atoms with E-state index >= 15 is 0 Å². The number of aliphatic hydroxyl groups excluding tert-OH is 1. The van der Waals surface area contributed by atoms with Gasteiger partial charge in [-0.25, -0.2) is 0 Å². The van der Waals surface area contributed by atoms with Crippen LogP contribution in [0.5, 0.6) is 0 Å². The molecule has 1 aliphatic carbocycles. The highest BCUT2D eigenvalue weighted by Gasteiger charge is 2.31. The highest BCUT2D eigenvalue weighted by molar-refractivity contribution is 5.02. The summed E-state index contributed by atoms with van der Waals surface area (Å²) in [6, 6.07) is 0.252. The molecule has 3 rings (SSSR count). The van der Waals surface area contributed by atoms with Gasteiger partial charge in [0, 0.05) is 12.0 Å². The second-order valence-electron chi connectivity index (χ2n) is 5.83. The molecule has 5 nitrogen and oxygen atoms in total. The van der Waals surface area contributed by atoms with E-state index in [4.69, 9.17) is 4.52 Å². The average molecular weight is 265 g/mol. The minimum atomic E-state index is -0.241. The summed E-state index contributed by atoms with van der Waals surface area (Å²) in [6.45, 7) is 3.77. The largest absolute Gasteiger partial charge is 0.392 e. The molecule has 0 amide bonds. The van der Waals surface area contributed by atoms with Crippen LogP contribution in [-0.4, -0.2) is 38.8 Å². The first-order valence-electron chi connectivity index (χ1n) is 7.52. The fraction of sp³-hybridized carbons (Fsp3) is 0.857. The second-order valence-corrected chi connectivity index (χ2v) is 5.83. The Morgan fingerprint density at radius 1 is 1.37 bits per heavy atom. The van der Waals surface area contributed by atoms with Crippen LogP contribution in [0.25, 0.3) is 0 Å². The van der Waals surface area contributed by atoms with Gasteiger partial charge in [0.25, 0.3) is 0 Å². The number of aromatic nitrogens is 2. The van der Waals surface area contributed by atoms with E-state index in [0.29, 0.717) is 12.5 Å². The van der Waals surface area contributed by atoms with Crippen molar-refractivity contribution in [1.82, 2.24) is 15.0 Å². The summed E-state index contributed by atoms with van der Waals surface area (Å²) in [5.74, 6) is 2.09. The van der Waals surface area contributed by atoms with Crippen LogP contribution in [0.1, 0.15) is 63.1 Å². The molecule has 0 spiro atoms. The van der Waals surface area contributed by atoms with Gasteiger partial charge in [0.15, 0.2) is 5.82 Å². The maximum atomic E-state index is 10.1. The van der Waals surface area contributed by atoms with Crippen LogP contribution in [-0.2, 0) is 6.54 Å². The van der Waals surface area contributed by atoms with E-state index in [1.165, 1.54) is 25.7 Å². The molecule has 106 valence electrons. The van der Waals surface area contributed by atoms with Gasteiger partial charge in [0.05, 0.1) is 12.6 Å². The van der Waals surface area contributed by atoms with Gasteiger partial charge < -0.3 is 9.63 Å². The Morgan fingerprint density at radius 2 is 2.21 bits per heavy atom. The van der Waals surface area contributed by atoms with Crippen LogP contribution < -0.4 is 0 Å². The summed E-state index contributed by atoms with van der Waals surface area (Å²) in [5, 5.41) is 14.2. The number of likely N-dealkylation sites (tertiary alicyclic amines) is 1. The van der Waals surface area contributed by atoms with Crippen LogP contribution in [0.4, 0.5) is 0 Å². The number of hydrogen-bond acceptors (Lipinski definition) is 5. The lowest BCUT2D eigenvalue weighted by Crippen LogP contribution is -2.46. The third-order valence-corrected chi connectivity index (χ3v) is 4.28. The second kappa shape index (κ2) is 5.59. The summed E-state index contributed by atoms with van der Waals surface area (Å²) < 4.78 is 5.30. The molecular formula is C14H23N3O2. The fourth-order valence-corrected chi connectivity index (χ4v) is 2.93. The molecule has 0 aromatic carbocycles. The lowest BCUT2D eigenvalue weighted by atomic mass is 9.96. The van der Waals surface area contributed by atoms with E-state index in [-0.39, 0.29) is 12.1 Å². The zero-order valence-electron chi connectivity index (χ0n) is 11.6. The number of rotatable bonds is 5. The number of hydrogen-bond donors (Lipinski definition) is 1. The Balaban J connectivity index is 1.64. The highest BCUT2D eigenvalue weighted by atomic mass is 16.5. The van der Waals surface area contributed by atoms with Crippen LogP contribution in [0.3, 0.4) is 0 Å². The smallest absolute Gasteiger partial charge is 0.229 e. The SMILES string of the molecule is CCC(O)C1CCCCN1Cc1noc(C2CC2)n1. The maximum Gasteiger partial charge on any atom is 0.229 e. The molecule has 2 aliphatic rings. The molecule has 5 heteroatoms. The topological polar surface area (TPSA) is 62.4 Å². The summed E-state index contributed by atoms with van der Waals surface area (Å²) in [4.78, 5) is 6.80. The van der Waals surface area contributed by atoms with Crippen molar-refractivity contribution in [3.8, 4) is 0 Å². The molecule has 0 radical (unpaired) electrons. The molecule has 2 fully saturated rings. The molecule has 0 bridgehead atoms. The maximum absolute atomic E-state index is 10.1. The van der Waals surface area contributed by atoms with Gasteiger partial charge in [-0.3, -0.25) is 4.90 Å². The van der Waals surface area contributed by atoms with Crippen molar-refractivity contribution in [1.29, 1.82) is 0 Å². The van der Waals surface area contributed by atoms with Crippen LogP contribution in [0, 0.1) is 0 Å². The first-order valence-corrected chi connectivity index (χ1v) is 7.52. The van der Waals surface area contributed by atoms with Gasteiger partial charge >= 0.3 is 0 Å². The van der Waals surface area contributed by atoms with Gasteiger partial charge in [-0.05, 0) is 38.6 Å². The number of piperidine rings is 1. The highest BCUT2D eigenvalue weighted by Crippen LogP contribution is 2.38. The van der Waals surface area contributed by atoms with Gasteiger partial charge in [-0.15, -0.1) is 0 Å². The zero-order chi connectivity index (χ0) is 13.2. The number of aliphatic hydroxyl groups is 1. The standard InChI is InChI=1S/C14H23N3O2/c1-2-12(18)11-5-3-4-8-17(11)9-13-15-14(19-16-13)10-6-7-10/h10-12,18H,2-9H2,1H3. The Labute approximate surface area is 114 Å². The van der Waals surface area contributed by atoms with E-state index in [1.54, 1.807) is 0 Å². The molecule has 1 aliphatic heterocycles. The molecule has 19 heavy (non-hydrogen) atoms. The van der Waals surface area contributed by atoms with Crippen LogP contribution in [0.15, 0.2) is 4.52 Å². The summed E-state index contributed by atoms with van der Waals surface area (Å²) >= 11 is 0. The minimum Gasteiger partial charge on any atom is -0.392 e. The van der Waals surface area contributed by atoms with Crippen LogP contribution >= 0.6 is 0 Å². The molecule has 1 N–H and O–H groups in total. The van der Waals surface area contributed by atoms with E-state index in [2.05, 4.69) is 15.0 Å². The van der Waals surface area contributed by atoms with E-state index in [1.807, 2.05) is 6.92 Å². The molecule has 2 atom stereocenters. The van der Waals surface area contributed by atoms with Crippen molar-refractivity contribution in [3.63, 3.8) is 0 Å². The first kappa shape index (κ1) is 13.1. The van der Waals surface area contributed by atoms with E-state index in [0.717, 1.165) is 31.1 Å². The molecular weight excluding hydrogens is 242 g/mol. The van der Waals surface area contributed by atoms with E-state index < -0.39 is 0 Å². The Hall–Kier alpha value is -0.940. The third-order valence-electron chi connectivity index (χ3n) is 4.28. The Kier molecular flexibility index (Phi) is 3.84. The van der Waals surface area contributed by atoms with Gasteiger partial charge in [-0.2, -0.15) is 4.98 Å². The van der Waals surface area contributed by atoms with Crippen LogP contribution in [0.2, 0.25) is 0 Å². The third kappa shape index (κ3) is 2.98. The normalized spacial score (nSPS) is 26.5. The van der Waals surface area contributed by atoms with E-state index in [9.17, 15) is 5.11 Å². The molecule has 1 saturated carbocycles. The summed E-state index contributed by atoms with van der Waals surface area (Å²) in [7, 11) is 0. The first-order chi connectivity index (χ1) is 9.28. The molecule has 2 heterocycles. The van der Waals surface area contributed by atoms with Gasteiger partial charge in [0.1, 0.15) is 0 Å². The lowest BCUT2D eigenvalue weighted by molar-refractivity contribution is 0.0179. The Bertz CT molecular complexity index is 417. The quantitative estimate of drug-likeness (QED) is 0.883. The fourth-order valence-electron chi connectivity index (χ4n) is 2.93. The van der Waals surface area contributed by atoms with Crippen molar-refractivity contribution in [3.05, 3.63) is 11.7 Å². The molecule has 1 aromatic rings. The Morgan fingerprint density at radius 3 is 2.95 bits per heavy atom. The monoisotopic (exact) mass is 265 g/mol. The number of nitrogens with zero attached hydrogens (tertiary/aromatic N) is 3. The minimum absolute atomic E-state index is 0.241. The predicted molar refractivity (Wildman–Crippen MR) is 70.6 cm³/mol. The predicted octanol–water partition coefficient (Wildman–Crippen LogP) is 2.07. The lowest BCUT2D eigenvalue weighted by Gasteiger charge is -2.37. The van der Waals surface area contributed by atoms with Crippen molar-refractivity contribution in [2.45, 2.75) is 70.1 Å². The van der Waals surface area contributed by atoms with Crippen molar-refractivity contribution >= 4 is 0 Å². The summed E-state index contributed by atoms with van der Waals surface area (Å²) in [6.07, 6.45) is 6.40. The molecule has 1 saturated heterocycles. The zero-order valence-corrected chi connectivity index (χ0v) is 11.6. The summed E-state index contributed by atoms with van der Waals surface area (Å²) in [5.41, 5.74) is 0. The molecule has 2 unspecified atom stereocenters. The van der Waals surface area contributed by atoms with Crippen molar-refractivity contribution in [2.24, 2.45) is 0 Å². The average Bonchev–Trinajstić information content (AvgIpc) is 3.19. The van der Waals surface area contributed by atoms with Gasteiger partial charge in [0.2, 0.25) is 5.89 Å². The van der Waals surface area contributed by atoms with Crippen molar-refractivity contribution in [2.75, 3.05) is 6.54 Å². The molecule has 1 aromatic heterocycles. The van der Waals surface area contributed by atoms with Gasteiger partial charge in [-0.1, -0.05) is 18.5 Å².